The van der Waals surface area contributed by atoms with Gasteiger partial charge < -0.3 is 10.1 Å². The lowest BCUT2D eigenvalue weighted by molar-refractivity contribution is 0.152. The molecular weight excluding hydrogens is 286 g/mol. The van der Waals surface area contributed by atoms with Crippen molar-refractivity contribution in [2.45, 2.75) is 39.0 Å². The zero-order chi connectivity index (χ0) is 14.8. The van der Waals surface area contributed by atoms with Gasteiger partial charge in [0.15, 0.2) is 0 Å². The fourth-order valence-corrected chi connectivity index (χ4v) is 2.98. The van der Waals surface area contributed by atoms with Crippen LogP contribution in [0.4, 0.5) is 0 Å². The van der Waals surface area contributed by atoms with Gasteiger partial charge in [0.2, 0.25) is 0 Å². The number of benzene rings is 1. The van der Waals surface area contributed by atoms with Crippen molar-refractivity contribution in [1.82, 2.24) is 15.1 Å². The molecule has 0 radical (unpaired) electrons. The Kier molecular flexibility index (Phi) is 4.17. The molecule has 3 rings (SSSR count). The number of ether oxygens (including phenoxy) is 1. The highest BCUT2D eigenvalue weighted by atomic mass is 35.5. The highest BCUT2D eigenvalue weighted by molar-refractivity contribution is 6.30. The Hall–Kier alpha value is -1.52. The Bertz CT molecular complexity index is 626. The molecule has 1 aliphatic heterocycles. The van der Waals surface area contributed by atoms with E-state index in [0.29, 0.717) is 0 Å². The molecule has 1 N–H and O–H groups in total. The topological polar surface area (TPSA) is 39.1 Å². The summed E-state index contributed by atoms with van der Waals surface area (Å²) in [6.45, 7) is 5.98. The molecule has 0 saturated carbocycles. The molecule has 1 aliphatic rings. The molecule has 4 nitrogen and oxygen atoms in total. The number of fused-ring (bicyclic) bond motifs is 1. The van der Waals surface area contributed by atoms with Crippen LogP contribution in [0.25, 0.3) is 0 Å². The lowest BCUT2D eigenvalue weighted by Gasteiger charge is -2.32. The number of hydrogen-bond donors (Lipinski definition) is 1. The minimum atomic E-state index is 0.0306. The molecule has 2 atom stereocenters. The van der Waals surface area contributed by atoms with Crippen molar-refractivity contribution in [2.24, 2.45) is 0 Å². The molecule has 2 heterocycles. The van der Waals surface area contributed by atoms with Gasteiger partial charge in [0.25, 0.3) is 0 Å². The lowest BCUT2D eigenvalue weighted by atomic mass is 9.94. The van der Waals surface area contributed by atoms with E-state index in [0.717, 1.165) is 41.4 Å². The van der Waals surface area contributed by atoms with Gasteiger partial charge in [0.05, 0.1) is 6.20 Å². The zero-order valence-corrected chi connectivity index (χ0v) is 13.1. The minimum absolute atomic E-state index is 0.0306. The van der Waals surface area contributed by atoms with Gasteiger partial charge in [-0.1, -0.05) is 18.5 Å². The highest BCUT2D eigenvalue weighted by Gasteiger charge is 2.29. The summed E-state index contributed by atoms with van der Waals surface area (Å²) in [7, 11) is 0. The maximum atomic E-state index is 6.16. The zero-order valence-electron chi connectivity index (χ0n) is 12.3. The van der Waals surface area contributed by atoms with Crippen LogP contribution < -0.4 is 10.1 Å². The molecule has 0 spiro atoms. The van der Waals surface area contributed by atoms with Gasteiger partial charge in [-0.15, -0.1) is 0 Å². The summed E-state index contributed by atoms with van der Waals surface area (Å²) >= 11 is 6.12. The van der Waals surface area contributed by atoms with Crippen LogP contribution in [-0.2, 0) is 6.54 Å². The van der Waals surface area contributed by atoms with Crippen molar-refractivity contribution in [3.63, 3.8) is 0 Å². The van der Waals surface area contributed by atoms with E-state index in [9.17, 15) is 0 Å². The first kappa shape index (κ1) is 14.4. The number of hydrogen-bond acceptors (Lipinski definition) is 3. The normalized spacial score (nSPS) is 20.9. The van der Waals surface area contributed by atoms with E-state index >= 15 is 0 Å². The molecule has 1 aromatic carbocycles. The molecule has 0 fully saturated rings. The van der Waals surface area contributed by atoms with Gasteiger partial charge in [-0.3, -0.25) is 4.68 Å². The van der Waals surface area contributed by atoms with Gasteiger partial charge in [0.1, 0.15) is 11.9 Å². The minimum Gasteiger partial charge on any atom is -0.485 e. The van der Waals surface area contributed by atoms with E-state index in [-0.39, 0.29) is 12.1 Å². The van der Waals surface area contributed by atoms with Crippen LogP contribution in [0.5, 0.6) is 5.75 Å². The van der Waals surface area contributed by atoms with E-state index in [4.69, 9.17) is 16.3 Å². The molecule has 0 bridgehead atoms. The first-order chi connectivity index (χ1) is 10.2. The Morgan fingerprint density at radius 3 is 3.00 bits per heavy atom. The van der Waals surface area contributed by atoms with Crippen LogP contribution >= 0.6 is 11.6 Å². The quantitative estimate of drug-likeness (QED) is 0.935. The summed E-state index contributed by atoms with van der Waals surface area (Å²) in [5.74, 6) is 0.908. The first-order valence-electron chi connectivity index (χ1n) is 7.43. The van der Waals surface area contributed by atoms with Crippen molar-refractivity contribution in [1.29, 1.82) is 0 Å². The van der Waals surface area contributed by atoms with Crippen LogP contribution in [0.3, 0.4) is 0 Å². The standard InChI is InChI=1S/C16H20ClN3O/c1-3-18-14-8-16(11-9-19-20(4-2)10-11)21-15-6-5-12(17)7-13(14)15/h5-7,9-10,14,16,18H,3-4,8H2,1-2H3. The van der Waals surface area contributed by atoms with Gasteiger partial charge in [-0.05, 0) is 31.7 Å². The summed E-state index contributed by atoms with van der Waals surface area (Å²) in [6, 6.07) is 6.09. The largest absolute Gasteiger partial charge is 0.485 e. The Balaban J connectivity index is 1.91. The van der Waals surface area contributed by atoms with Gasteiger partial charge in [-0.25, -0.2) is 0 Å². The van der Waals surface area contributed by atoms with Crippen LogP contribution in [-0.4, -0.2) is 16.3 Å². The maximum Gasteiger partial charge on any atom is 0.129 e. The third kappa shape index (κ3) is 2.92. The lowest BCUT2D eigenvalue weighted by Crippen LogP contribution is -2.28. The van der Waals surface area contributed by atoms with E-state index in [1.54, 1.807) is 0 Å². The van der Waals surface area contributed by atoms with E-state index in [2.05, 4.69) is 30.5 Å². The summed E-state index contributed by atoms with van der Waals surface area (Å²) in [6.07, 6.45) is 4.88. The van der Waals surface area contributed by atoms with E-state index in [1.807, 2.05) is 29.1 Å². The summed E-state index contributed by atoms with van der Waals surface area (Å²) < 4.78 is 8.08. The fourth-order valence-electron chi connectivity index (χ4n) is 2.80. The smallest absolute Gasteiger partial charge is 0.129 e. The SMILES string of the molecule is CCNC1CC(c2cnn(CC)c2)Oc2ccc(Cl)cc21. The monoisotopic (exact) mass is 305 g/mol. The van der Waals surface area contributed by atoms with Crippen molar-refractivity contribution in [2.75, 3.05) is 6.54 Å². The van der Waals surface area contributed by atoms with Crippen LogP contribution in [0, 0.1) is 0 Å². The molecular formula is C16H20ClN3O. The third-order valence-electron chi connectivity index (χ3n) is 3.87. The van der Waals surface area contributed by atoms with Crippen LogP contribution in [0.2, 0.25) is 5.02 Å². The summed E-state index contributed by atoms with van der Waals surface area (Å²) in [4.78, 5) is 0. The van der Waals surface area contributed by atoms with E-state index < -0.39 is 0 Å². The predicted molar refractivity (Wildman–Crippen MR) is 83.8 cm³/mol. The number of nitrogens with zero attached hydrogens (tertiary/aromatic N) is 2. The Morgan fingerprint density at radius 1 is 1.43 bits per heavy atom. The number of aromatic nitrogens is 2. The van der Waals surface area contributed by atoms with Crippen molar-refractivity contribution in [3.8, 4) is 5.75 Å². The second-order valence-corrected chi connectivity index (χ2v) is 5.70. The summed E-state index contributed by atoms with van der Waals surface area (Å²) in [5, 5.41) is 8.62. The van der Waals surface area contributed by atoms with Crippen molar-refractivity contribution in [3.05, 3.63) is 46.7 Å². The Labute approximate surface area is 130 Å². The average molecular weight is 306 g/mol. The fraction of sp³-hybridized carbons (Fsp3) is 0.438. The van der Waals surface area contributed by atoms with E-state index in [1.165, 1.54) is 0 Å². The molecule has 2 aromatic rings. The van der Waals surface area contributed by atoms with Gasteiger partial charge in [-0.2, -0.15) is 5.10 Å². The second kappa shape index (κ2) is 6.08. The van der Waals surface area contributed by atoms with Crippen molar-refractivity contribution < 1.29 is 4.74 Å². The number of halogens is 1. The predicted octanol–water partition coefficient (Wildman–Crippen LogP) is 3.73. The maximum absolute atomic E-state index is 6.16. The first-order valence-corrected chi connectivity index (χ1v) is 7.81. The molecule has 5 heteroatoms. The Morgan fingerprint density at radius 2 is 2.29 bits per heavy atom. The number of rotatable bonds is 4. The molecule has 112 valence electrons. The molecule has 0 amide bonds. The molecule has 21 heavy (non-hydrogen) atoms. The second-order valence-electron chi connectivity index (χ2n) is 5.26. The number of aryl methyl sites for hydroxylation is 1. The molecule has 0 aliphatic carbocycles. The van der Waals surface area contributed by atoms with Crippen LogP contribution in [0.15, 0.2) is 30.6 Å². The molecule has 2 unspecified atom stereocenters. The molecule has 0 saturated heterocycles. The van der Waals surface area contributed by atoms with Crippen molar-refractivity contribution >= 4 is 11.6 Å². The van der Waals surface area contributed by atoms with Gasteiger partial charge in [0, 0.05) is 41.4 Å². The third-order valence-corrected chi connectivity index (χ3v) is 4.10. The van der Waals surface area contributed by atoms with Gasteiger partial charge >= 0.3 is 0 Å². The van der Waals surface area contributed by atoms with Crippen LogP contribution in [0.1, 0.15) is 43.5 Å². The molecule has 1 aromatic heterocycles. The highest BCUT2D eigenvalue weighted by Crippen LogP contribution is 2.41. The number of nitrogens with one attached hydrogen (secondary N) is 1. The average Bonchev–Trinajstić information content (AvgIpc) is 2.97. The summed E-state index contributed by atoms with van der Waals surface area (Å²) in [5.41, 5.74) is 2.27.